The second kappa shape index (κ2) is 12.5. The second-order valence-electron chi connectivity index (χ2n) is 6.73. The predicted octanol–water partition coefficient (Wildman–Crippen LogP) is 5.21. The first-order valence-electron chi connectivity index (χ1n) is 9.49. The molecule has 0 saturated carbocycles. The van der Waals surface area contributed by atoms with Crippen LogP contribution < -0.4 is 0 Å². The molecule has 25 heavy (non-hydrogen) atoms. The molecular formula is C21H32O4. The van der Waals surface area contributed by atoms with Gasteiger partial charge < -0.3 is 9.84 Å². The van der Waals surface area contributed by atoms with E-state index >= 15 is 0 Å². The molecule has 0 bridgehead atoms. The number of ether oxygens (including phenoxy) is 1. The molecular weight excluding hydrogens is 316 g/mol. The van der Waals surface area contributed by atoms with Crippen molar-refractivity contribution in [1.82, 2.24) is 0 Å². The summed E-state index contributed by atoms with van der Waals surface area (Å²) < 4.78 is 5.51. The predicted molar refractivity (Wildman–Crippen MR) is 99.1 cm³/mol. The SMILES string of the molecule is CCCCC(CC)CC(CCCC(=O)O)C(=O)OCc1ccccc1. The van der Waals surface area contributed by atoms with Crippen molar-refractivity contribution in [3.63, 3.8) is 0 Å². The van der Waals surface area contributed by atoms with Crippen LogP contribution in [0.1, 0.15) is 70.8 Å². The minimum absolute atomic E-state index is 0.105. The van der Waals surface area contributed by atoms with Gasteiger partial charge in [-0.25, -0.2) is 0 Å². The molecule has 2 atom stereocenters. The zero-order valence-corrected chi connectivity index (χ0v) is 15.6. The van der Waals surface area contributed by atoms with Gasteiger partial charge in [-0.15, -0.1) is 0 Å². The van der Waals surface area contributed by atoms with E-state index in [2.05, 4.69) is 13.8 Å². The van der Waals surface area contributed by atoms with E-state index in [1.807, 2.05) is 30.3 Å². The lowest BCUT2D eigenvalue weighted by molar-refractivity contribution is -0.151. The van der Waals surface area contributed by atoms with Crippen LogP contribution in [0.2, 0.25) is 0 Å². The van der Waals surface area contributed by atoms with Crippen molar-refractivity contribution < 1.29 is 19.4 Å². The largest absolute Gasteiger partial charge is 0.481 e. The van der Waals surface area contributed by atoms with E-state index in [0.29, 0.717) is 18.8 Å². The zero-order chi connectivity index (χ0) is 18.5. The average molecular weight is 348 g/mol. The van der Waals surface area contributed by atoms with Crippen LogP contribution in [-0.4, -0.2) is 17.0 Å². The minimum Gasteiger partial charge on any atom is -0.481 e. The van der Waals surface area contributed by atoms with Gasteiger partial charge in [0.15, 0.2) is 0 Å². The van der Waals surface area contributed by atoms with Gasteiger partial charge in [-0.2, -0.15) is 0 Å². The van der Waals surface area contributed by atoms with Crippen LogP contribution in [0, 0.1) is 11.8 Å². The quantitative estimate of drug-likeness (QED) is 0.497. The fourth-order valence-electron chi connectivity index (χ4n) is 3.06. The highest BCUT2D eigenvalue weighted by Crippen LogP contribution is 2.26. The van der Waals surface area contributed by atoms with Gasteiger partial charge in [0.1, 0.15) is 6.61 Å². The molecule has 1 rings (SSSR count). The lowest BCUT2D eigenvalue weighted by Crippen LogP contribution is -2.21. The monoisotopic (exact) mass is 348 g/mol. The summed E-state index contributed by atoms with van der Waals surface area (Å²) in [6.45, 7) is 4.61. The van der Waals surface area contributed by atoms with Crippen molar-refractivity contribution in [2.45, 2.75) is 71.8 Å². The highest BCUT2D eigenvalue weighted by atomic mass is 16.5. The summed E-state index contributed by atoms with van der Waals surface area (Å²) in [6, 6.07) is 9.64. The highest BCUT2D eigenvalue weighted by Gasteiger charge is 2.23. The first-order chi connectivity index (χ1) is 12.1. The molecule has 0 aliphatic rings. The third kappa shape index (κ3) is 9.28. The van der Waals surface area contributed by atoms with Crippen LogP contribution >= 0.6 is 0 Å². The Bertz CT molecular complexity index is 498. The van der Waals surface area contributed by atoms with Crippen molar-refractivity contribution >= 4 is 11.9 Å². The normalized spacial score (nSPS) is 13.2. The maximum atomic E-state index is 12.5. The summed E-state index contributed by atoms with van der Waals surface area (Å²) in [5.74, 6) is -0.706. The van der Waals surface area contributed by atoms with E-state index in [9.17, 15) is 9.59 Å². The maximum Gasteiger partial charge on any atom is 0.309 e. The highest BCUT2D eigenvalue weighted by molar-refractivity contribution is 5.72. The van der Waals surface area contributed by atoms with Crippen molar-refractivity contribution in [2.24, 2.45) is 11.8 Å². The molecule has 0 amide bonds. The molecule has 0 saturated heterocycles. The van der Waals surface area contributed by atoms with E-state index in [0.717, 1.165) is 31.2 Å². The number of carboxylic acids is 1. The Morgan fingerprint density at radius 3 is 2.40 bits per heavy atom. The zero-order valence-electron chi connectivity index (χ0n) is 15.6. The molecule has 4 heteroatoms. The minimum atomic E-state index is -0.811. The molecule has 2 unspecified atom stereocenters. The fraction of sp³-hybridized carbons (Fsp3) is 0.619. The van der Waals surface area contributed by atoms with Crippen LogP contribution in [0.25, 0.3) is 0 Å². The van der Waals surface area contributed by atoms with Gasteiger partial charge in [-0.3, -0.25) is 9.59 Å². The Hall–Kier alpha value is -1.84. The van der Waals surface area contributed by atoms with Gasteiger partial charge >= 0.3 is 11.9 Å². The molecule has 1 aromatic carbocycles. The van der Waals surface area contributed by atoms with E-state index in [4.69, 9.17) is 9.84 Å². The lowest BCUT2D eigenvalue weighted by Gasteiger charge is -2.21. The van der Waals surface area contributed by atoms with E-state index < -0.39 is 5.97 Å². The molecule has 0 spiro atoms. The first-order valence-corrected chi connectivity index (χ1v) is 9.49. The van der Waals surface area contributed by atoms with Crippen molar-refractivity contribution in [1.29, 1.82) is 0 Å². The standard InChI is InChI=1S/C21H32O4/c1-3-5-10-17(4-2)15-19(13-9-14-20(22)23)21(24)25-16-18-11-7-6-8-12-18/h6-8,11-12,17,19H,3-5,9-10,13-16H2,1-2H3,(H,22,23). The molecule has 0 aromatic heterocycles. The smallest absolute Gasteiger partial charge is 0.309 e. The van der Waals surface area contributed by atoms with Crippen LogP contribution in [0.4, 0.5) is 0 Å². The number of carbonyl (C=O) groups excluding carboxylic acids is 1. The Morgan fingerprint density at radius 2 is 1.80 bits per heavy atom. The summed E-state index contributed by atoms with van der Waals surface area (Å²) in [4.78, 5) is 23.3. The number of carboxylic acid groups (broad SMARTS) is 1. The molecule has 0 aliphatic carbocycles. The molecule has 0 aliphatic heterocycles. The number of hydrogen-bond acceptors (Lipinski definition) is 3. The molecule has 140 valence electrons. The topological polar surface area (TPSA) is 63.6 Å². The number of unbranched alkanes of at least 4 members (excludes halogenated alkanes) is 1. The third-order valence-corrected chi connectivity index (χ3v) is 4.66. The molecule has 0 heterocycles. The number of benzene rings is 1. The summed E-state index contributed by atoms with van der Waals surface area (Å²) in [5.41, 5.74) is 0.971. The number of esters is 1. The maximum absolute atomic E-state index is 12.5. The average Bonchev–Trinajstić information content (AvgIpc) is 2.62. The second-order valence-corrected chi connectivity index (χ2v) is 6.73. The Kier molecular flexibility index (Phi) is 10.6. The summed E-state index contributed by atoms with van der Waals surface area (Å²) in [7, 11) is 0. The van der Waals surface area contributed by atoms with E-state index in [1.54, 1.807) is 0 Å². The van der Waals surface area contributed by atoms with Gasteiger partial charge in [0, 0.05) is 6.42 Å². The Balaban J connectivity index is 2.60. The molecule has 0 fully saturated rings. The van der Waals surface area contributed by atoms with Crippen molar-refractivity contribution in [2.75, 3.05) is 0 Å². The summed E-state index contributed by atoms with van der Waals surface area (Å²) in [5, 5.41) is 8.85. The van der Waals surface area contributed by atoms with Gasteiger partial charge in [0.2, 0.25) is 0 Å². The lowest BCUT2D eigenvalue weighted by atomic mass is 9.86. The van der Waals surface area contributed by atoms with Crippen molar-refractivity contribution in [3.05, 3.63) is 35.9 Å². The molecule has 4 nitrogen and oxygen atoms in total. The van der Waals surface area contributed by atoms with Crippen LogP contribution in [0.5, 0.6) is 0 Å². The van der Waals surface area contributed by atoms with Gasteiger partial charge in [0.05, 0.1) is 5.92 Å². The third-order valence-electron chi connectivity index (χ3n) is 4.66. The fourth-order valence-corrected chi connectivity index (χ4v) is 3.06. The van der Waals surface area contributed by atoms with E-state index in [1.165, 1.54) is 6.42 Å². The van der Waals surface area contributed by atoms with Crippen LogP contribution in [0.15, 0.2) is 30.3 Å². The number of rotatable bonds is 13. The Morgan fingerprint density at radius 1 is 1.08 bits per heavy atom. The molecule has 1 aromatic rings. The van der Waals surface area contributed by atoms with Gasteiger partial charge in [0.25, 0.3) is 0 Å². The van der Waals surface area contributed by atoms with Crippen LogP contribution in [-0.2, 0) is 20.9 Å². The molecule has 0 radical (unpaired) electrons. The van der Waals surface area contributed by atoms with Gasteiger partial charge in [-0.05, 0) is 30.7 Å². The number of aliphatic carboxylic acids is 1. The molecule has 1 N–H and O–H groups in total. The van der Waals surface area contributed by atoms with Crippen molar-refractivity contribution in [3.8, 4) is 0 Å². The summed E-state index contributed by atoms with van der Waals surface area (Å²) in [6.07, 6.45) is 6.49. The van der Waals surface area contributed by atoms with Gasteiger partial charge in [-0.1, -0.05) is 69.9 Å². The number of carbonyl (C=O) groups is 2. The Labute approximate surface area is 151 Å². The van der Waals surface area contributed by atoms with E-state index in [-0.39, 0.29) is 24.9 Å². The summed E-state index contributed by atoms with van der Waals surface area (Å²) >= 11 is 0. The number of hydrogen-bond donors (Lipinski definition) is 1. The first kappa shape index (κ1) is 21.2. The van der Waals surface area contributed by atoms with Crippen LogP contribution in [0.3, 0.4) is 0 Å².